The number of benzene rings is 2. The van der Waals surface area contributed by atoms with Crippen molar-refractivity contribution in [2.24, 2.45) is 40.6 Å². The smallest absolute Gasteiger partial charge is 0.254 e. The molecule has 3 fully saturated rings. The number of ether oxygens (including phenoxy) is 1. The van der Waals surface area contributed by atoms with E-state index in [9.17, 15) is 9.59 Å². The summed E-state index contributed by atoms with van der Waals surface area (Å²) in [6.07, 6.45) is 7.07. The van der Waals surface area contributed by atoms with Crippen molar-refractivity contribution in [3.8, 4) is 5.75 Å². The van der Waals surface area contributed by atoms with Gasteiger partial charge in [0.25, 0.3) is 11.8 Å². The molecular formula is C25H21ClN2O3. The second kappa shape index (κ2) is 7.06. The summed E-state index contributed by atoms with van der Waals surface area (Å²) in [4.78, 5) is 25.9. The molecule has 156 valence electrons. The van der Waals surface area contributed by atoms with E-state index in [2.05, 4.69) is 17.3 Å². The number of amides is 2. The van der Waals surface area contributed by atoms with E-state index in [1.54, 1.807) is 6.21 Å². The van der Waals surface area contributed by atoms with E-state index in [1.165, 1.54) is 0 Å². The van der Waals surface area contributed by atoms with E-state index in [1.807, 2.05) is 48.5 Å². The Morgan fingerprint density at radius 3 is 2.16 bits per heavy atom. The molecule has 7 rings (SSSR count). The van der Waals surface area contributed by atoms with Gasteiger partial charge in [0.05, 0.1) is 18.1 Å². The van der Waals surface area contributed by atoms with E-state index in [0.717, 1.165) is 28.3 Å². The molecule has 1 aliphatic heterocycles. The van der Waals surface area contributed by atoms with Crippen LogP contribution >= 0.6 is 11.6 Å². The average molecular weight is 433 g/mol. The molecule has 2 aromatic carbocycles. The number of hydrogen-bond donors (Lipinski definition) is 0. The largest absolute Gasteiger partial charge is 0.489 e. The zero-order valence-electron chi connectivity index (χ0n) is 16.7. The summed E-state index contributed by atoms with van der Waals surface area (Å²) in [5.41, 5.74) is 1.84. The van der Waals surface area contributed by atoms with Crippen LogP contribution in [0.5, 0.6) is 5.75 Å². The lowest BCUT2D eigenvalue weighted by atomic mass is 9.63. The fourth-order valence-corrected chi connectivity index (χ4v) is 5.70. The van der Waals surface area contributed by atoms with E-state index in [4.69, 9.17) is 16.3 Å². The van der Waals surface area contributed by atoms with E-state index in [0.29, 0.717) is 23.5 Å². The zero-order valence-corrected chi connectivity index (χ0v) is 17.5. The van der Waals surface area contributed by atoms with Gasteiger partial charge in [-0.05, 0) is 77.6 Å². The molecule has 5 aliphatic rings. The molecule has 1 saturated heterocycles. The summed E-state index contributed by atoms with van der Waals surface area (Å²) in [6.45, 7) is 0.447. The van der Waals surface area contributed by atoms with Crippen molar-refractivity contribution >= 4 is 29.6 Å². The van der Waals surface area contributed by atoms with Crippen LogP contribution in [0.2, 0.25) is 5.02 Å². The van der Waals surface area contributed by atoms with Gasteiger partial charge in [-0.3, -0.25) is 9.59 Å². The van der Waals surface area contributed by atoms with E-state index >= 15 is 0 Å². The van der Waals surface area contributed by atoms with Crippen LogP contribution in [0, 0.1) is 35.5 Å². The van der Waals surface area contributed by atoms with Gasteiger partial charge in [-0.25, -0.2) is 0 Å². The fraction of sp³-hybridized carbons (Fsp3) is 0.320. The molecule has 0 radical (unpaired) electrons. The van der Waals surface area contributed by atoms with Crippen molar-refractivity contribution in [3.05, 3.63) is 76.8 Å². The number of imide groups is 1. The Kier molecular flexibility index (Phi) is 4.29. The number of hydrazone groups is 1. The first-order valence-corrected chi connectivity index (χ1v) is 11.1. The second-order valence-corrected chi connectivity index (χ2v) is 9.31. The molecule has 2 amide bonds. The molecule has 6 atom stereocenters. The highest BCUT2D eigenvalue weighted by molar-refractivity contribution is 6.30. The standard InChI is InChI=1S/C25H21ClN2O3/c26-16-5-1-15(2-6-16)13-31-17-7-3-14(4-8-17)12-27-28-24(29)22-18-9-10-19(21-11-20(18)21)23(22)25(28)30/h1-10,12,18-23H,11,13H2/b27-12-/t18-,19+,20-,21-,22+,23+/m1/s1. The van der Waals surface area contributed by atoms with Crippen LogP contribution in [0.15, 0.2) is 65.8 Å². The Hall–Kier alpha value is -2.92. The zero-order chi connectivity index (χ0) is 21.1. The molecule has 0 aromatic heterocycles. The molecule has 6 heteroatoms. The number of nitrogens with zero attached hydrogens (tertiary/aromatic N) is 2. The number of rotatable bonds is 5. The lowest BCUT2D eigenvalue weighted by Gasteiger charge is -2.37. The Balaban J connectivity index is 1.12. The van der Waals surface area contributed by atoms with Gasteiger partial charge in [0.15, 0.2) is 0 Å². The average Bonchev–Trinajstić information content (AvgIpc) is 3.57. The van der Waals surface area contributed by atoms with Crippen molar-refractivity contribution in [1.29, 1.82) is 0 Å². The maximum Gasteiger partial charge on any atom is 0.254 e. The molecular weight excluding hydrogens is 412 g/mol. The SMILES string of the molecule is O=C1[C@H]2[C@@H]3C=C[C@@H]([C@H]4C[C@H]34)[C@@H]2C(=O)N1/N=C\c1ccc(OCc2ccc(Cl)cc2)cc1. The summed E-state index contributed by atoms with van der Waals surface area (Å²) in [6, 6.07) is 14.9. The Morgan fingerprint density at radius 1 is 0.935 bits per heavy atom. The van der Waals surface area contributed by atoms with Crippen molar-refractivity contribution in [2.45, 2.75) is 13.0 Å². The van der Waals surface area contributed by atoms with Gasteiger partial charge in [0, 0.05) is 5.02 Å². The number of halogens is 1. The number of hydrogen-bond acceptors (Lipinski definition) is 4. The number of carbonyl (C=O) groups is 2. The number of carbonyl (C=O) groups excluding carboxylic acids is 2. The minimum Gasteiger partial charge on any atom is -0.489 e. The molecule has 2 bridgehead atoms. The van der Waals surface area contributed by atoms with Crippen LogP contribution in [0.25, 0.3) is 0 Å². The topological polar surface area (TPSA) is 59.0 Å². The molecule has 5 nitrogen and oxygen atoms in total. The third-order valence-electron chi connectivity index (χ3n) is 7.16. The van der Waals surface area contributed by atoms with Crippen LogP contribution in [-0.4, -0.2) is 23.0 Å². The summed E-state index contributed by atoms with van der Waals surface area (Å²) in [7, 11) is 0. The van der Waals surface area contributed by atoms with Crippen LogP contribution in [0.3, 0.4) is 0 Å². The molecule has 2 aromatic rings. The molecule has 0 spiro atoms. The molecule has 4 aliphatic carbocycles. The maximum absolute atomic E-state index is 12.9. The van der Waals surface area contributed by atoms with Crippen LogP contribution in [0.1, 0.15) is 17.5 Å². The predicted molar refractivity (Wildman–Crippen MR) is 116 cm³/mol. The monoisotopic (exact) mass is 432 g/mol. The maximum atomic E-state index is 12.9. The third-order valence-corrected chi connectivity index (χ3v) is 7.41. The first-order chi connectivity index (χ1) is 15.1. The third kappa shape index (κ3) is 3.10. The highest BCUT2D eigenvalue weighted by Crippen LogP contribution is 2.65. The van der Waals surface area contributed by atoms with Crippen molar-refractivity contribution in [1.82, 2.24) is 5.01 Å². The van der Waals surface area contributed by atoms with Gasteiger partial charge in [0.2, 0.25) is 0 Å². The molecule has 31 heavy (non-hydrogen) atoms. The lowest BCUT2D eigenvalue weighted by molar-refractivity contribution is -0.140. The first-order valence-electron chi connectivity index (χ1n) is 10.7. The quantitative estimate of drug-likeness (QED) is 0.402. The predicted octanol–water partition coefficient (Wildman–Crippen LogP) is 4.31. The highest BCUT2D eigenvalue weighted by atomic mass is 35.5. The van der Waals surface area contributed by atoms with E-state index in [-0.39, 0.29) is 35.5 Å². The molecule has 2 saturated carbocycles. The van der Waals surface area contributed by atoms with Gasteiger partial charge < -0.3 is 4.74 Å². The second-order valence-electron chi connectivity index (χ2n) is 8.87. The highest BCUT2D eigenvalue weighted by Gasteiger charge is 2.67. The van der Waals surface area contributed by atoms with E-state index < -0.39 is 0 Å². The van der Waals surface area contributed by atoms with Crippen molar-refractivity contribution < 1.29 is 14.3 Å². The Bertz CT molecular complexity index is 1070. The molecule has 1 heterocycles. The summed E-state index contributed by atoms with van der Waals surface area (Å²) in [5.74, 6) is 1.64. The lowest BCUT2D eigenvalue weighted by Crippen LogP contribution is -2.40. The summed E-state index contributed by atoms with van der Waals surface area (Å²) >= 11 is 5.90. The molecule has 0 N–H and O–H groups in total. The van der Waals surface area contributed by atoms with Crippen LogP contribution < -0.4 is 4.74 Å². The van der Waals surface area contributed by atoms with Gasteiger partial charge in [-0.15, -0.1) is 0 Å². The fourth-order valence-electron chi connectivity index (χ4n) is 5.58. The summed E-state index contributed by atoms with van der Waals surface area (Å²) in [5, 5.41) is 6.08. The first kappa shape index (κ1) is 18.8. The Labute approximate surface area is 185 Å². The van der Waals surface area contributed by atoms with Crippen LogP contribution in [-0.2, 0) is 16.2 Å². The Morgan fingerprint density at radius 2 is 1.55 bits per heavy atom. The van der Waals surface area contributed by atoms with Crippen LogP contribution in [0.4, 0.5) is 0 Å². The van der Waals surface area contributed by atoms with Gasteiger partial charge in [-0.1, -0.05) is 35.9 Å². The summed E-state index contributed by atoms with van der Waals surface area (Å²) < 4.78 is 5.79. The van der Waals surface area contributed by atoms with Gasteiger partial charge in [-0.2, -0.15) is 10.1 Å². The van der Waals surface area contributed by atoms with Crippen molar-refractivity contribution in [2.75, 3.05) is 0 Å². The van der Waals surface area contributed by atoms with Crippen molar-refractivity contribution in [3.63, 3.8) is 0 Å². The minimum absolute atomic E-state index is 0.140. The number of allylic oxidation sites excluding steroid dienone is 2. The van der Waals surface area contributed by atoms with Gasteiger partial charge >= 0.3 is 0 Å². The van der Waals surface area contributed by atoms with Gasteiger partial charge in [0.1, 0.15) is 12.4 Å². The normalized spacial score (nSPS) is 32.5. The minimum atomic E-state index is -0.216. The molecule has 0 unspecified atom stereocenters.